The Bertz CT molecular complexity index is 164. The molecule has 0 amide bonds. The van der Waals surface area contributed by atoms with Crippen LogP contribution in [0.2, 0.25) is 0 Å². The van der Waals surface area contributed by atoms with Gasteiger partial charge in [-0.1, -0.05) is 13.3 Å². The van der Waals surface area contributed by atoms with Crippen molar-refractivity contribution in [3.63, 3.8) is 0 Å². The minimum Gasteiger partial charge on any atom is -0.481 e. The number of aldehydes is 1. The molecule has 0 aromatic carbocycles. The van der Waals surface area contributed by atoms with Gasteiger partial charge in [0.2, 0.25) is 0 Å². The molecule has 1 fully saturated rings. The number of rotatable bonds is 3. The van der Waals surface area contributed by atoms with Crippen molar-refractivity contribution in [1.82, 2.24) is 0 Å². The van der Waals surface area contributed by atoms with Crippen LogP contribution < -0.4 is 0 Å². The van der Waals surface area contributed by atoms with E-state index in [9.17, 15) is 9.59 Å². The summed E-state index contributed by atoms with van der Waals surface area (Å²) in [5, 5.41) is 8.50. The molecule has 1 aliphatic carbocycles. The van der Waals surface area contributed by atoms with E-state index in [0.29, 0.717) is 0 Å². The normalized spacial score (nSPS) is 37.1. The summed E-state index contributed by atoms with van der Waals surface area (Å²) in [4.78, 5) is 20.5. The fourth-order valence-electron chi connectivity index (χ4n) is 1.46. The summed E-state index contributed by atoms with van der Waals surface area (Å²) in [6, 6.07) is 0. The second-order valence-corrected chi connectivity index (χ2v) is 2.65. The van der Waals surface area contributed by atoms with Gasteiger partial charge in [-0.05, 0) is 5.92 Å². The molecule has 3 unspecified atom stereocenters. The highest BCUT2D eigenvalue weighted by atomic mass is 16.4. The van der Waals surface area contributed by atoms with E-state index in [1.165, 1.54) is 0 Å². The van der Waals surface area contributed by atoms with Crippen molar-refractivity contribution in [3.8, 4) is 0 Å². The molecule has 3 atom stereocenters. The van der Waals surface area contributed by atoms with Crippen LogP contribution in [0.1, 0.15) is 13.3 Å². The third kappa shape index (κ3) is 0.916. The molecule has 3 heteroatoms. The van der Waals surface area contributed by atoms with Crippen LogP contribution in [-0.2, 0) is 9.59 Å². The highest BCUT2D eigenvalue weighted by Gasteiger charge is 2.53. The number of carboxylic acids is 1. The molecule has 3 nitrogen and oxygen atoms in total. The summed E-state index contributed by atoms with van der Waals surface area (Å²) in [6.45, 7) is 1.91. The maximum atomic E-state index is 10.3. The monoisotopic (exact) mass is 142 g/mol. The van der Waals surface area contributed by atoms with E-state index in [-0.39, 0.29) is 17.8 Å². The van der Waals surface area contributed by atoms with Gasteiger partial charge >= 0.3 is 5.97 Å². The standard InChI is InChI=1S/C7H10O3/c1-2-4-5(3-8)6(4)7(9)10/h3-6H,2H2,1H3,(H,9,10). The van der Waals surface area contributed by atoms with Gasteiger partial charge in [0.15, 0.2) is 0 Å². The van der Waals surface area contributed by atoms with Crippen LogP contribution in [0.15, 0.2) is 0 Å². The van der Waals surface area contributed by atoms with Crippen molar-refractivity contribution in [2.24, 2.45) is 17.8 Å². The Hall–Kier alpha value is -0.860. The maximum absolute atomic E-state index is 10.3. The van der Waals surface area contributed by atoms with E-state index in [1.807, 2.05) is 6.92 Å². The minimum atomic E-state index is -0.830. The molecule has 0 aromatic heterocycles. The molecule has 1 N–H and O–H groups in total. The summed E-state index contributed by atoms with van der Waals surface area (Å²) in [5.74, 6) is -1.32. The predicted octanol–water partition coefficient (Wildman–Crippen LogP) is 0.542. The van der Waals surface area contributed by atoms with Gasteiger partial charge in [-0.2, -0.15) is 0 Å². The van der Waals surface area contributed by atoms with Crippen molar-refractivity contribution in [1.29, 1.82) is 0 Å². The zero-order valence-electron chi connectivity index (χ0n) is 5.78. The number of hydrogen-bond acceptors (Lipinski definition) is 2. The van der Waals surface area contributed by atoms with E-state index in [1.54, 1.807) is 0 Å². The number of aliphatic carboxylic acids is 1. The fraction of sp³-hybridized carbons (Fsp3) is 0.714. The Morgan fingerprint density at radius 2 is 2.30 bits per heavy atom. The summed E-state index contributed by atoms with van der Waals surface area (Å²) in [7, 11) is 0. The van der Waals surface area contributed by atoms with Crippen LogP contribution in [-0.4, -0.2) is 17.4 Å². The van der Waals surface area contributed by atoms with Gasteiger partial charge in [-0.3, -0.25) is 4.79 Å². The van der Waals surface area contributed by atoms with Crippen LogP contribution in [0, 0.1) is 17.8 Å². The molecular weight excluding hydrogens is 132 g/mol. The molecule has 0 radical (unpaired) electrons. The van der Waals surface area contributed by atoms with Gasteiger partial charge in [0.1, 0.15) is 6.29 Å². The fourth-order valence-corrected chi connectivity index (χ4v) is 1.46. The lowest BCUT2D eigenvalue weighted by atomic mass is 10.2. The van der Waals surface area contributed by atoms with E-state index >= 15 is 0 Å². The molecule has 0 bridgehead atoms. The first-order valence-electron chi connectivity index (χ1n) is 3.40. The van der Waals surface area contributed by atoms with E-state index in [4.69, 9.17) is 5.11 Å². The molecule has 1 rings (SSSR count). The Morgan fingerprint density at radius 1 is 1.70 bits per heavy atom. The smallest absolute Gasteiger partial charge is 0.307 e. The summed E-state index contributed by atoms with van der Waals surface area (Å²) in [5.41, 5.74) is 0. The molecule has 0 aliphatic heterocycles. The first-order valence-corrected chi connectivity index (χ1v) is 3.40. The van der Waals surface area contributed by atoms with Crippen LogP contribution in [0.3, 0.4) is 0 Å². The van der Waals surface area contributed by atoms with E-state index < -0.39 is 5.97 Å². The lowest BCUT2D eigenvalue weighted by molar-refractivity contribution is -0.139. The molecule has 1 saturated carbocycles. The summed E-state index contributed by atoms with van der Waals surface area (Å²) >= 11 is 0. The largest absolute Gasteiger partial charge is 0.481 e. The van der Waals surface area contributed by atoms with E-state index in [2.05, 4.69) is 0 Å². The topological polar surface area (TPSA) is 54.4 Å². The molecule has 10 heavy (non-hydrogen) atoms. The number of carbonyl (C=O) groups excluding carboxylic acids is 1. The SMILES string of the molecule is CCC1C(C=O)C1C(=O)O. The second-order valence-electron chi connectivity index (χ2n) is 2.65. The number of hydrogen-bond donors (Lipinski definition) is 1. The lowest BCUT2D eigenvalue weighted by Gasteiger charge is -1.84. The van der Waals surface area contributed by atoms with Crippen molar-refractivity contribution in [3.05, 3.63) is 0 Å². The second kappa shape index (κ2) is 2.40. The average Bonchev–Trinajstić information content (AvgIpc) is 2.60. The first-order chi connectivity index (χ1) is 4.72. The number of carboxylic acid groups (broad SMARTS) is 1. The molecule has 0 aromatic rings. The zero-order valence-corrected chi connectivity index (χ0v) is 5.78. The predicted molar refractivity (Wildman–Crippen MR) is 34.5 cm³/mol. The van der Waals surface area contributed by atoms with Crippen molar-refractivity contribution < 1.29 is 14.7 Å². The Balaban J connectivity index is 2.51. The third-order valence-electron chi connectivity index (χ3n) is 2.14. The zero-order chi connectivity index (χ0) is 7.72. The highest BCUT2D eigenvalue weighted by Crippen LogP contribution is 2.46. The van der Waals surface area contributed by atoms with Gasteiger partial charge < -0.3 is 9.90 Å². The average molecular weight is 142 g/mol. The summed E-state index contributed by atoms with van der Waals surface area (Å²) < 4.78 is 0. The van der Waals surface area contributed by atoms with Gasteiger partial charge in [0.25, 0.3) is 0 Å². The lowest BCUT2D eigenvalue weighted by Crippen LogP contribution is -2.00. The molecule has 0 saturated heterocycles. The van der Waals surface area contributed by atoms with Crippen LogP contribution in [0.25, 0.3) is 0 Å². The molecule has 0 spiro atoms. The summed E-state index contributed by atoms with van der Waals surface area (Å²) in [6.07, 6.45) is 1.55. The van der Waals surface area contributed by atoms with Crippen LogP contribution >= 0.6 is 0 Å². The van der Waals surface area contributed by atoms with Crippen LogP contribution in [0.5, 0.6) is 0 Å². The van der Waals surface area contributed by atoms with Gasteiger partial charge in [0.05, 0.1) is 5.92 Å². The van der Waals surface area contributed by atoms with Crippen molar-refractivity contribution >= 4 is 12.3 Å². The van der Waals surface area contributed by atoms with Crippen molar-refractivity contribution in [2.45, 2.75) is 13.3 Å². The first kappa shape index (κ1) is 7.25. The quantitative estimate of drug-likeness (QED) is 0.585. The Labute approximate surface area is 59.0 Å². The highest BCUT2D eigenvalue weighted by molar-refractivity contribution is 5.81. The maximum Gasteiger partial charge on any atom is 0.307 e. The number of carbonyl (C=O) groups is 2. The molecule has 0 heterocycles. The van der Waals surface area contributed by atoms with Gasteiger partial charge in [0, 0.05) is 5.92 Å². The molecular formula is C7H10O3. The Kier molecular flexibility index (Phi) is 1.74. The molecule has 1 aliphatic rings. The Morgan fingerprint density at radius 3 is 2.40 bits per heavy atom. The van der Waals surface area contributed by atoms with Gasteiger partial charge in [-0.15, -0.1) is 0 Å². The minimum absolute atomic E-state index is 0.106. The molecule has 56 valence electrons. The van der Waals surface area contributed by atoms with Crippen molar-refractivity contribution in [2.75, 3.05) is 0 Å². The third-order valence-corrected chi connectivity index (χ3v) is 2.14. The van der Waals surface area contributed by atoms with Crippen LogP contribution in [0.4, 0.5) is 0 Å². The van der Waals surface area contributed by atoms with Gasteiger partial charge in [-0.25, -0.2) is 0 Å². The van der Waals surface area contributed by atoms with E-state index in [0.717, 1.165) is 12.7 Å².